The molecule has 1 aliphatic heterocycles. The first-order valence-corrected chi connectivity index (χ1v) is 10.7. The van der Waals surface area contributed by atoms with Gasteiger partial charge in [-0.05, 0) is 62.8 Å². The van der Waals surface area contributed by atoms with Gasteiger partial charge in [-0.2, -0.15) is 5.10 Å². The van der Waals surface area contributed by atoms with Crippen molar-refractivity contribution in [3.05, 3.63) is 29.6 Å². The van der Waals surface area contributed by atoms with Gasteiger partial charge in [-0.15, -0.1) is 0 Å². The Labute approximate surface area is 172 Å². The zero-order valence-corrected chi connectivity index (χ0v) is 17.3. The molecule has 2 atom stereocenters. The molecule has 0 aromatic carbocycles. The van der Waals surface area contributed by atoms with E-state index in [1.165, 1.54) is 36.8 Å². The van der Waals surface area contributed by atoms with E-state index in [1.54, 1.807) is 0 Å². The smallest absolute Gasteiger partial charge is 0.290 e. The lowest BCUT2D eigenvalue weighted by molar-refractivity contribution is -0.132. The predicted molar refractivity (Wildman–Crippen MR) is 109 cm³/mol. The third-order valence-corrected chi connectivity index (χ3v) is 6.01. The fourth-order valence-corrected chi connectivity index (χ4v) is 4.29. The summed E-state index contributed by atoms with van der Waals surface area (Å²) in [6.07, 6.45) is 16.2. The molecule has 160 valence electrons. The van der Waals surface area contributed by atoms with Crippen LogP contribution >= 0.6 is 0 Å². The lowest BCUT2D eigenvalue weighted by Crippen LogP contribution is -2.42. The molecule has 2 aliphatic carbocycles. The average Bonchev–Trinajstić information content (AvgIpc) is 3.32. The molecule has 29 heavy (non-hydrogen) atoms. The maximum absolute atomic E-state index is 13.0. The Kier molecular flexibility index (Phi) is 7.86. The Hall–Kier alpha value is -2.15. The number of allylic oxidation sites excluding steroid dienone is 1. The summed E-state index contributed by atoms with van der Waals surface area (Å²) in [6, 6.07) is 0.148. The topological polar surface area (TPSA) is 84.7 Å². The van der Waals surface area contributed by atoms with Crippen LogP contribution in [0.4, 0.5) is 0 Å². The van der Waals surface area contributed by atoms with Crippen LogP contribution in [0.2, 0.25) is 0 Å². The summed E-state index contributed by atoms with van der Waals surface area (Å²) in [4.78, 5) is 23.5. The molecule has 0 unspecified atom stereocenters. The van der Waals surface area contributed by atoms with Crippen molar-refractivity contribution in [1.82, 2.24) is 14.7 Å². The van der Waals surface area contributed by atoms with Gasteiger partial charge in [0.2, 0.25) is 5.91 Å². The third-order valence-electron chi connectivity index (χ3n) is 6.01. The van der Waals surface area contributed by atoms with Crippen LogP contribution in [0.25, 0.3) is 0 Å². The van der Waals surface area contributed by atoms with Crippen LogP contribution in [0.5, 0.6) is 0 Å². The average molecular weight is 404 g/mol. The number of hydrogen-bond acceptors (Lipinski definition) is 4. The quantitative estimate of drug-likeness (QED) is 0.559. The second-order valence-corrected chi connectivity index (χ2v) is 8.38. The molecule has 3 aliphatic rings. The van der Waals surface area contributed by atoms with Gasteiger partial charge in [0, 0.05) is 32.8 Å². The molecule has 4 rings (SSSR count). The molecule has 0 bridgehead atoms. The van der Waals surface area contributed by atoms with Crippen molar-refractivity contribution in [2.45, 2.75) is 69.9 Å². The summed E-state index contributed by atoms with van der Waals surface area (Å²) in [5.74, 6) is 1.04. The number of nitrogens with zero attached hydrogens (tertiary/aromatic N) is 3. The van der Waals surface area contributed by atoms with Gasteiger partial charge in [-0.25, -0.2) is 0 Å². The second kappa shape index (κ2) is 10.6. The highest BCUT2D eigenvalue weighted by Gasteiger charge is 2.38. The van der Waals surface area contributed by atoms with E-state index >= 15 is 0 Å². The number of aromatic nitrogens is 2. The van der Waals surface area contributed by atoms with Crippen LogP contribution in [-0.2, 0) is 27.8 Å². The fraction of sp³-hybridized carbons (Fsp3) is 0.682. The minimum Gasteiger partial charge on any atom is -0.483 e. The standard InChI is InChI=1S/C21H31N3O2.CH2O2/c1-23-14-18(13-22-23)11-19-20(26-15-17-7-8-17)9-10-24(19)21(25)12-16-5-3-2-4-6-16;2-1-3/h5,13-14,17,19-20H,2-4,6-12,15H2,1H3;1H,(H,2,3)/t19-,20+;/m0./s1. The van der Waals surface area contributed by atoms with Crippen LogP contribution in [-0.4, -0.2) is 57.5 Å². The Morgan fingerprint density at radius 1 is 1.34 bits per heavy atom. The highest BCUT2D eigenvalue weighted by atomic mass is 16.5. The molecule has 2 fully saturated rings. The van der Waals surface area contributed by atoms with Crippen molar-refractivity contribution in [3.63, 3.8) is 0 Å². The molecule has 1 saturated heterocycles. The maximum atomic E-state index is 13.0. The number of carboxylic acid groups (broad SMARTS) is 1. The Balaban J connectivity index is 0.000000755. The van der Waals surface area contributed by atoms with Gasteiger partial charge in [0.25, 0.3) is 6.47 Å². The molecular formula is C22H33N3O4. The lowest BCUT2D eigenvalue weighted by atomic mass is 9.96. The van der Waals surface area contributed by atoms with Gasteiger partial charge in [0.05, 0.1) is 18.3 Å². The Bertz CT molecular complexity index is 711. The van der Waals surface area contributed by atoms with Crippen LogP contribution < -0.4 is 0 Å². The van der Waals surface area contributed by atoms with Crippen LogP contribution in [0, 0.1) is 5.92 Å². The lowest BCUT2D eigenvalue weighted by Gasteiger charge is -2.29. The number of aryl methyl sites for hydroxylation is 1. The second-order valence-electron chi connectivity index (χ2n) is 8.38. The van der Waals surface area contributed by atoms with E-state index in [1.807, 2.05) is 17.9 Å². The number of carbonyl (C=O) groups excluding carboxylic acids is 1. The summed E-state index contributed by atoms with van der Waals surface area (Å²) in [6.45, 7) is 1.44. The SMILES string of the molecule is Cn1cc(C[C@H]2[C@H](OCC3CC3)CCN2C(=O)CC2=CCCCC2)cn1.O=CO. The summed E-state index contributed by atoms with van der Waals surface area (Å²) in [7, 11) is 1.94. The molecule has 1 N–H and O–H groups in total. The molecule has 7 nitrogen and oxygen atoms in total. The number of carbonyl (C=O) groups is 2. The summed E-state index contributed by atoms with van der Waals surface area (Å²) in [5.41, 5.74) is 2.53. The highest BCUT2D eigenvalue weighted by Crippen LogP contribution is 2.32. The van der Waals surface area contributed by atoms with Gasteiger partial charge in [-0.3, -0.25) is 14.3 Å². The van der Waals surface area contributed by atoms with E-state index in [0.29, 0.717) is 6.42 Å². The van der Waals surface area contributed by atoms with Gasteiger partial charge in [-0.1, -0.05) is 11.6 Å². The third kappa shape index (κ3) is 6.42. The van der Waals surface area contributed by atoms with Gasteiger partial charge in [0.15, 0.2) is 0 Å². The Morgan fingerprint density at radius 3 is 2.76 bits per heavy atom. The minimum atomic E-state index is -0.250. The van der Waals surface area contributed by atoms with E-state index in [4.69, 9.17) is 14.6 Å². The molecule has 2 heterocycles. The van der Waals surface area contributed by atoms with Crippen molar-refractivity contribution in [2.75, 3.05) is 13.2 Å². The number of rotatable bonds is 7. The molecule has 0 spiro atoms. The first-order chi connectivity index (χ1) is 14.1. The first kappa shape index (κ1) is 21.6. The molecule has 1 aromatic heterocycles. The molecule has 7 heteroatoms. The molecular weight excluding hydrogens is 370 g/mol. The van der Waals surface area contributed by atoms with Crippen LogP contribution in [0.1, 0.15) is 56.9 Å². The van der Waals surface area contributed by atoms with Gasteiger partial charge >= 0.3 is 0 Å². The van der Waals surface area contributed by atoms with E-state index in [0.717, 1.165) is 44.8 Å². The monoisotopic (exact) mass is 403 g/mol. The van der Waals surface area contributed by atoms with E-state index < -0.39 is 0 Å². The number of ether oxygens (including phenoxy) is 1. The zero-order chi connectivity index (χ0) is 20.6. The zero-order valence-electron chi connectivity index (χ0n) is 17.3. The maximum Gasteiger partial charge on any atom is 0.290 e. The summed E-state index contributed by atoms with van der Waals surface area (Å²) in [5, 5.41) is 11.2. The number of amides is 1. The van der Waals surface area contributed by atoms with E-state index in [-0.39, 0.29) is 24.5 Å². The number of hydrogen-bond donors (Lipinski definition) is 1. The van der Waals surface area contributed by atoms with Crippen molar-refractivity contribution >= 4 is 12.4 Å². The summed E-state index contributed by atoms with van der Waals surface area (Å²) >= 11 is 0. The number of likely N-dealkylation sites (tertiary alicyclic amines) is 1. The van der Waals surface area contributed by atoms with Crippen molar-refractivity contribution < 1.29 is 19.4 Å². The first-order valence-electron chi connectivity index (χ1n) is 10.7. The van der Waals surface area contributed by atoms with Crippen molar-refractivity contribution in [2.24, 2.45) is 13.0 Å². The normalized spacial score (nSPS) is 23.9. The van der Waals surface area contributed by atoms with Crippen LogP contribution in [0.3, 0.4) is 0 Å². The molecule has 1 aromatic rings. The van der Waals surface area contributed by atoms with Crippen molar-refractivity contribution in [3.8, 4) is 0 Å². The highest BCUT2D eigenvalue weighted by molar-refractivity contribution is 5.79. The fourth-order valence-electron chi connectivity index (χ4n) is 4.29. The van der Waals surface area contributed by atoms with Gasteiger partial charge < -0.3 is 14.7 Å². The minimum absolute atomic E-state index is 0.148. The largest absolute Gasteiger partial charge is 0.483 e. The van der Waals surface area contributed by atoms with E-state index in [9.17, 15) is 4.79 Å². The Morgan fingerprint density at radius 2 is 2.14 bits per heavy atom. The predicted octanol–water partition coefficient (Wildman–Crippen LogP) is 2.95. The van der Waals surface area contributed by atoms with Crippen LogP contribution in [0.15, 0.2) is 24.0 Å². The summed E-state index contributed by atoms with van der Waals surface area (Å²) < 4.78 is 8.09. The molecule has 1 saturated carbocycles. The van der Waals surface area contributed by atoms with Crippen molar-refractivity contribution in [1.29, 1.82) is 0 Å². The molecule has 1 amide bonds. The molecule has 0 radical (unpaired) electrons. The van der Waals surface area contributed by atoms with Gasteiger partial charge in [0.1, 0.15) is 0 Å². The van der Waals surface area contributed by atoms with E-state index in [2.05, 4.69) is 22.3 Å².